The fourth-order valence-electron chi connectivity index (χ4n) is 3.87. The molecule has 0 N–H and O–H groups in total. The second-order valence-corrected chi connectivity index (χ2v) is 7.99. The molecule has 0 bridgehead atoms. The zero-order valence-electron chi connectivity index (χ0n) is 16.3. The van der Waals surface area contributed by atoms with Crippen LogP contribution in [0.5, 0.6) is 0 Å². The van der Waals surface area contributed by atoms with Crippen LogP contribution in [0.1, 0.15) is 32.3 Å². The van der Waals surface area contributed by atoms with Crippen molar-refractivity contribution in [1.82, 2.24) is 14.7 Å². The third-order valence-corrected chi connectivity index (χ3v) is 5.44. The molecule has 0 aromatic heterocycles. The first-order valence-electron chi connectivity index (χ1n) is 10.0. The Morgan fingerprint density at radius 2 is 1.69 bits per heavy atom. The van der Waals surface area contributed by atoms with Crippen molar-refractivity contribution in [3.63, 3.8) is 0 Å². The van der Waals surface area contributed by atoms with Crippen LogP contribution in [0, 0.1) is 5.92 Å². The Kier molecular flexibility index (Phi) is 6.92. The van der Waals surface area contributed by atoms with E-state index in [-0.39, 0.29) is 6.09 Å². The lowest BCUT2D eigenvalue weighted by atomic mass is 10.0. The summed E-state index contributed by atoms with van der Waals surface area (Å²) in [7, 11) is 0. The van der Waals surface area contributed by atoms with Crippen LogP contribution in [-0.4, -0.2) is 72.7 Å². The molecule has 2 fully saturated rings. The number of piperidine rings is 1. The van der Waals surface area contributed by atoms with E-state index in [1.54, 1.807) is 0 Å². The van der Waals surface area contributed by atoms with Crippen LogP contribution < -0.4 is 0 Å². The minimum Gasteiger partial charge on any atom is -0.449 e. The summed E-state index contributed by atoms with van der Waals surface area (Å²) in [5, 5.41) is 0. The van der Waals surface area contributed by atoms with E-state index in [2.05, 4.69) is 54.0 Å². The molecule has 3 rings (SSSR count). The minimum atomic E-state index is -0.134. The van der Waals surface area contributed by atoms with Crippen molar-refractivity contribution < 1.29 is 9.53 Å². The van der Waals surface area contributed by atoms with Gasteiger partial charge in [0.05, 0.1) is 6.61 Å². The standard InChI is InChI=1S/C21H33N3O2/c1-18(2)17-26-21(25)24-10-8-20(9-11-24)23-14-12-22(13-15-23)16-19-6-4-3-5-7-19/h3-7,18,20H,8-17H2,1-2H3. The number of piperazine rings is 1. The van der Waals surface area contributed by atoms with Gasteiger partial charge in [-0.2, -0.15) is 0 Å². The van der Waals surface area contributed by atoms with Crippen LogP contribution in [-0.2, 0) is 11.3 Å². The number of nitrogens with zero attached hydrogens (tertiary/aromatic N) is 3. The van der Waals surface area contributed by atoms with Gasteiger partial charge in [0.25, 0.3) is 0 Å². The molecule has 0 atom stereocenters. The van der Waals surface area contributed by atoms with Gasteiger partial charge in [-0.1, -0.05) is 44.2 Å². The van der Waals surface area contributed by atoms with Gasteiger partial charge in [0.2, 0.25) is 0 Å². The third kappa shape index (κ3) is 5.45. The first-order chi connectivity index (χ1) is 12.6. The van der Waals surface area contributed by atoms with Crippen molar-refractivity contribution in [3.8, 4) is 0 Å². The van der Waals surface area contributed by atoms with Crippen LogP contribution in [0.3, 0.4) is 0 Å². The Hall–Kier alpha value is -1.59. The van der Waals surface area contributed by atoms with Gasteiger partial charge in [-0.25, -0.2) is 4.79 Å². The molecule has 0 radical (unpaired) electrons. The molecule has 2 heterocycles. The average molecular weight is 360 g/mol. The highest BCUT2D eigenvalue weighted by Crippen LogP contribution is 2.19. The zero-order chi connectivity index (χ0) is 18.4. The van der Waals surface area contributed by atoms with E-state index in [0.29, 0.717) is 18.6 Å². The molecule has 0 saturated carbocycles. The molecule has 1 aromatic carbocycles. The maximum absolute atomic E-state index is 12.1. The fraction of sp³-hybridized carbons (Fsp3) is 0.667. The first-order valence-corrected chi connectivity index (χ1v) is 10.0. The summed E-state index contributed by atoms with van der Waals surface area (Å²) in [6.45, 7) is 11.9. The van der Waals surface area contributed by atoms with Gasteiger partial charge in [0.15, 0.2) is 0 Å². The SMILES string of the molecule is CC(C)COC(=O)N1CCC(N2CCN(Cc3ccccc3)CC2)CC1. The smallest absolute Gasteiger partial charge is 0.409 e. The largest absolute Gasteiger partial charge is 0.449 e. The number of amides is 1. The maximum Gasteiger partial charge on any atom is 0.409 e. The molecule has 2 saturated heterocycles. The lowest BCUT2D eigenvalue weighted by Gasteiger charge is -2.42. The molecule has 0 spiro atoms. The number of rotatable bonds is 5. The van der Waals surface area contributed by atoms with Crippen molar-refractivity contribution >= 4 is 6.09 Å². The summed E-state index contributed by atoms with van der Waals surface area (Å²) in [4.78, 5) is 19.1. The quantitative estimate of drug-likeness (QED) is 0.810. The number of ether oxygens (including phenoxy) is 1. The predicted octanol–water partition coefficient (Wildman–Crippen LogP) is 3.06. The van der Waals surface area contributed by atoms with Crippen molar-refractivity contribution in [1.29, 1.82) is 0 Å². The van der Waals surface area contributed by atoms with E-state index in [1.807, 2.05) is 4.90 Å². The van der Waals surface area contributed by atoms with E-state index in [4.69, 9.17) is 4.74 Å². The summed E-state index contributed by atoms with van der Waals surface area (Å²) in [5.74, 6) is 0.392. The number of benzene rings is 1. The molecule has 1 amide bonds. The van der Waals surface area contributed by atoms with Gasteiger partial charge >= 0.3 is 6.09 Å². The summed E-state index contributed by atoms with van der Waals surface area (Å²) in [6.07, 6.45) is 2.00. The number of hydrogen-bond donors (Lipinski definition) is 0. The Labute approximate surface area is 157 Å². The molecule has 0 aliphatic carbocycles. The van der Waals surface area contributed by atoms with Crippen LogP contribution in [0.2, 0.25) is 0 Å². The molecule has 1 aromatic rings. The zero-order valence-corrected chi connectivity index (χ0v) is 16.3. The Balaban J connectivity index is 1.37. The van der Waals surface area contributed by atoms with E-state index in [0.717, 1.165) is 58.7 Å². The van der Waals surface area contributed by atoms with Crippen LogP contribution in [0.15, 0.2) is 30.3 Å². The monoisotopic (exact) mass is 359 g/mol. The number of likely N-dealkylation sites (tertiary alicyclic amines) is 1. The highest BCUT2D eigenvalue weighted by molar-refractivity contribution is 5.67. The normalized spacial score (nSPS) is 20.5. The highest BCUT2D eigenvalue weighted by atomic mass is 16.6. The first kappa shape index (κ1) is 19.2. The highest BCUT2D eigenvalue weighted by Gasteiger charge is 2.29. The predicted molar refractivity (Wildman–Crippen MR) is 104 cm³/mol. The summed E-state index contributed by atoms with van der Waals surface area (Å²) in [5.41, 5.74) is 1.40. The van der Waals surface area contributed by atoms with Crippen molar-refractivity contribution in [2.75, 3.05) is 45.9 Å². The van der Waals surface area contributed by atoms with Gasteiger partial charge in [-0.15, -0.1) is 0 Å². The second-order valence-electron chi connectivity index (χ2n) is 7.99. The van der Waals surface area contributed by atoms with Gasteiger partial charge in [0.1, 0.15) is 0 Å². The number of hydrogen-bond acceptors (Lipinski definition) is 4. The van der Waals surface area contributed by atoms with Gasteiger partial charge in [-0.3, -0.25) is 9.80 Å². The van der Waals surface area contributed by atoms with E-state index < -0.39 is 0 Å². The summed E-state index contributed by atoms with van der Waals surface area (Å²) in [6, 6.07) is 11.3. The molecular formula is C21H33N3O2. The lowest BCUT2D eigenvalue weighted by Crippen LogP contribution is -2.53. The van der Waals surface area contributed by atoms with Crippen LogP contribution >= 0.6 is 0 Å². The van der Waals surface area contributed by atoms with Crippen molar-refractivity contribution in [3.05, 3.63) is 35.9 Å². The molecule has 5 nitrogen and oxygen atoms in total. The maximum atomic E-state index is 12.1. The molecular weight excluding hydrogens is 326 g/mol. The molecule has 5 heteroatoms. The van der Waals surface area contributed by atoms with E-state index in [1.165, 1.54) is 5.56 Å². The van der Waals surface area contributed by atoms with E-state index >= 15 is 0 Å². The number of carbonyl (C=O) groups excluding carboxylic acids is 1. The average Bonchev–Trinajstić information content (AvgIpc) is 2.68. The molecule has 0 unspecified atom stereocenters. The topological polar surface area (TPSA) is 36.0 Å². The minimum absolute atomic E-state index is 0.134. The van der Waals surface area contributed by atoms with Crippen molar-refractivity contribution in [2.45, 2.75) is 39.3 Å². The summed E-state index contributed by atoms with van der Waals surface area (Å²) < 4.78 is 5.36. The second kappa shape index (κ2) is 9.38. The van der Waals surface area contributed by atoms with E-state index in [9.17, 15) is 4.79 Å². The Bertz CT molecular complexity index is 548. The molecule has 2 aliphatic heterocycles. The van der Waals surface area contributed by atoms with Gasteiger partial charge < -0.3 is 9.64 Å². The number of carbonyl (C=O) groups is 1. The summed E-state index contributed by atoms with van der Waals surface area (Å²) >= 11 is 0. The Morgan fingerprint density at radius 3 is 2.31 bits per heavy atom. The van der Waals surface area contributed by atoms with Crippen LogP contribution in [0.25, 0.3) is 0 Å². The van der Waals surface area contributed by atoms with Crippen LogP contribution in [0.4, 0.5) is 4.79 Å². The fourth-order valence-corrected chi connectivity index (χ4v) is 3.87. The molecule has 26 heavy (non-hydrogen) atoms. The molecule has 2 aliphatic rings. The van der Waals surface area contributed by atoms with Gasteiger partial charge in [0, 0.05) is 51.9 Å². The van der Waals surface area contributed by atoms with Gasteiger partial charge in [-0.05, 0) is 24.3 Å². The van der Waals surface area contributed by atoms with Crippen molar-refractivity contribution in [2.24, 2.45) is 5.92 Å². The molecule has 144 valence electrons. The Morgan fingerprint density at radius 1 is 1.04 bits per heavy atom. The third-order valence-electron chi connectivity index (χ3n) is 5.44. The lowest BCUT2D eigenvalue weighted by molar-refractivity contribution is 0.0449.